The average Bonchev–Trinajstić information content (AvgIpc) is 3.07. The molecule has 1 heterocycles. The molecule has 2 rings (SSSR count). The van der Waals surface area contributed by atoms with Gasteiger partial charge in [-0.1, -0.05) is 12.8 Å². The Labute approximate surface area is 94.8 Å². The van der Waals surface area contributed by atoms with Crippen molar-refractivity contribution in [2.75, 3.05) is 23.0 Å². The van der Waals surface area contributed by atoms with Crippen LogP contribution in [0.4, 0.5) is 17.6 Å². The molecule has 6 N–H and O–H groups in total. The minimum atomic E-state index is 0.222. The molecule has 0 radical (unpaired) electrons. The third-order valence-corrected chi connectivity index (χ3v) is 2.68. The normalized spacial score (nSPS) is 14.8. The zero-order valence-electron chi connectivity index (χ0n) is 9.24. The van der Waals surface area contributed by atoms with Crippen molar-refractivity contribution in [1.29, 1.82) is 0 Å². The highest BCUT2D eigenvalue weighted by atomic mass is 15.3. The van der Waals surface area contributed by atoms with Crippen LogP contribution in [-0.2, 0) is 0 Å². The summed E-state index contributed by atoms with van der Waals surface area (Å²) in [7, 11) is 0. The second kappa shape index (κ2) is 4.98. The third-order valence-electron chi connectivity index (χ3n) is 2.68. The van der Waals surface area contributed by atoms with Crippen molar-refractivity contribution in [1.82, 2.24) is 9.97 Å². The Morgan fingerprint density at radius 3 is 2.75 bits per heavy atom. The molecule has 16 heavy (non-hydrogen) atoms. The summed E-state index contributed by atoms with van der Waals surface area (Å²) in [6.07, 6.45) is 5.28. The van der Waals surface area contributed by atoms with E-state index in [9.17, 15) is 0 Å². The molecule has 0 spiro atoms. The Hall–Kier alpha value is -1.56. The molecule has 1 aromatic rings. The molecule has 0 aliphatic heterocycles. The molecule has 6 nitrogen and oxygen atoms in total. The molecule has 0 atom stereocenters. The fourth-order valence-electron chi connectivity index (χ4n) is 1.64. The van der Waals surface area contributed by atoms with Crippen LogP contribution in [0.5, 0.6) is 0 Å². The lowest BCUT2D eigenvalue weighted by atomic mass is 10.2. The van der Waals surface area contributed by atoms with E-state index in [4.69, 9.17) is 11.6 Å². The first-order valence-electron chi connectivity index (χ1n) is 5.63. The monoisotopic (exact) mass is 222 g/mol. The molecule has 0 aromatic carbocycles. The van der Waals surface area contributed by atoms with Gasteiger partial charge in [0.25, 0.3) is 0 Å². The van der Waals surface area contributed by atoms with E-state index in [-0.39, 0.29) is 5.95 Å². The fraction of sp³-hybridized carbons (Fsp3) is 0.600. The molecular weight excluding hydrogens is 204 g/mol. The van der Waals surface area contributed by atoms with Gasteiger partial charge in [0.2, 0.25) is 5.95 Å². The van der Waals surface area contributed by atoms with Crippen LogP contribution < -0.4 is 22.3 Å². The number of hydrazine groups is 1. The maximum Gasteiger partial charge on any atom is 0.223 e. The molecule has 1 saturated carbocycles. The summed E-state index contributed by atoms with van der Waals surface area (Å²) < 4.78 is 0. The Morgan fingerprint density at radius 1 is 1.31 bits per heavy atom. The SMILES string of the molecule is NNc1cc(NCCCC2CC2)nc(N)n1. The quantitative estimate of drug-likeness (QED) is 0.325. The number of hydrogen-bond acceptors (Lipinski definition) is 6. The van der Waals surface area contributed by atoms with Crippen molar-refractivity contribution in [2.45, 2.75) is 25.7 Å². The molecule has 1 fully saturated rings. The van der Waals surface area contributed by atoms with Crippen molar-refractivity contribution in [3.8, 4) is 0 Å². The highest BCUT2D eigenvalue weighted by molar-refractivity contribution is 5.50. The summed E-state index contributed by atoms with van der Waals surface area (Å²) in [6.45, 7) is 0.914. The molecule has 0 saturated heterocycles. The van der Waals surface area contributed by atoms with Gasteiger partial charge >= 0.3 is 0 Å². The maximum atomic E-state index is 5.54. The molecule has 88 valence electrons. The van der Waals surface area contributed by atoms with Crippen molar-refractivity contribution >= 4 is 17.6 Å². The maximum absolute atomic E-state index is 5.54. The smallest absolute Gasteiger partial charge is 0.223 e. The summed E-state index contributed by atoms with van der Waals surface area (Å²) in [4.78, 5) is 7.98. The van der Waals surface area contributed by atoms with Crippen LogP contribution >= 0.6 is 0 Å². The van der Waals surface area contributed by atoms with Crippen molar-refractivity contribution in [2.24, 2.45) is 11.8 Å². The molecule has 0 amide bonds. The summed E-state index contributed by atoms with van der Waals surface area (Å²) >= 11 is 0. The van der Waals surface area contributed by atoms with Gasteiger partial charge in [0.15, 0.2) is 0 Å². The third kappa shape index (κ3) is 3.23. The lowest BCUT2D eigenvalue weighted by Gasteiger charge is -2.07. The second-order valence-corrected chi connectivity index (χ2v) is 4.15. The lowest BCUT2D eigenvalue weighted by molar-refractivity contribution is 0.686. The highest BCUT2D eigenvalue weighted by Crippen LogP contribution is 2.33. The molecule has 1 aliphatic carbocycles. The Kier molecular flexibility index (Phi) is 3.40. The first-order valence-corrected chi connectivity index (χ1v) is 5.63. The predicted octanol–water partition coefficient (Wildman–Crippen LogP) is 0.946. The Bertz CT molecular complexity index is 349. The van der Waals surface area contributed by atoms with Gasteiger partial charge < -0.3 is 16.5 Å². The van der Waals surface area contributed by atoms with Crippen LogP contribution in [0.3, 0.4) is 0 Å². The average molecular weight is 222 g/mol. The van der Waals surface area contributed by atoms with E-state index in [1.165, 1.54) is 25.7 Å². The van der Waals surface area contributed by atoms with Gasteiger partial charge in [-0.2, -0.15) is 9.97 Å². The van der Waals surface area contributed by atoms with E-state index in [2.05, 4.69) is 20.7 Å². The first kappa shape index (κ1) is 10.9. The van der Waals surface area contributed by atoms with E-state index in [1.54, 1.807) is 6.07 Å². The van der Waals surface area contributed by atoms with Gasteiger partial charge in [-0.25, -0.2) is 5.84 Å². The van der Waals surface area contributed by atoms with Gasteiger partial charge in [0.1, 0.15) is 11.6 Å². The minimum Gasteiger partial charge on any atom is -0.370 e. The highest BCUT2D eigenvalue weighted by Gasteiger charge is 2.19. The van der Waals surface area contributed by atoms with Crippen molar-refractivity contribution in [3.63, 3.8) is 0 Å². The number of nitrogens with two attached hydrogens (primary N) is 2. The van der Waals surface area contributed by atoms with E-state index in [0.29, 0.717) is 5.82 Å². The number of aromatic nitrogens is 2. The van der Waals surface area contributed by atoms with Crippen LogP contribution in [0.2, 0.25) is 0 Å². The van der Waals surface area contributed by atoms with Gasteiger partial charge in [-0.3, -0.25) is 0 Å². The number of nitrogens with zero attached hydrogens (tertiary/aromatic N) is 2. The van der Waals surface area contributed by atoms with Gasteiger partial charge in [-0.05, 0) is 18.8 Å². The number of rotatable bonds is 6. The Morgan fingerprint density at radius 2 is 2.06 bits per heavy atom. The zero-order chi connectivity index (χ0) is 11.4. The topological polar surface area (TPSA) is 102 Å². The standard InChI is InChI=1S/C10H18N6/c11-10-14-8(6-9(15-10)16-12)13-5-1-2-7-3-4-7/h6-7H,1-5,12H2,(H4,11,13,14,15,16). The first-order chi connectivity index (χ1) is 7.78. The van der Waals surface area contributed by atoms with Crippen LogP contribution in [0.15, 0.2) is 6.07 Å². The van der Waals surface area contributed by atoms with E-state index in [0.717, 1.165) is 18.3 Å². The van der Waals surface area contributed by atoms with Crippen molar-refractivity contribution < 1.29 is 0 Å². The summed E-state index contributed by atoms with van der Waals surface area (Å²) in [5.41, 5.74) is 8.00. The van der Waals surface area contributed by atoms with Crippen LogP contribution in [0.25, 0.3) is 0 Å². The molecule has 1 aliphatic rings. The van der Waals surface area contributed by atoms with Crippen LogP contribution in [-0.4, -0.2) is 16.5 Å². The molecular formula is C10H18N6. The van der Waals surface area contributed by atoms with Gasteiger partial charge in [-0.15, -0.1) is 0 Å². The summed E-state index contributed by atoms with van der Waals surface area (Å²) in [6, 6.07) is 1.74. The molecule has 6 heteroatoms. The van der Waals surface area contributed by atoms with E-state index >= 15 is 0 Å². The number of hydrogen-bond donors (Lipinski definition) is 4. The summed E-state index contributed by atoms with van der Waals surface area (Å²) in [5.74, 6) is 7.70. The lowest BCUT2D eigenvalue weighted by Crippen LogP contribution is -2.12. The van der Waals surface area contributed by atoms with E-state index < -0.39 is 0 Å². The molecule has 0 unspecified atom stereocenters. The number of anilines is 3. The minimum absolute atomic E-state index is 0.222. The van der Waals surface area contributed by atoms with Crippen LogP contribution in [0, 0.1) is 5.92 Å². The predicted molar refractivity (Wildman–Crippen MR) is 64.7 cm³/mol. The van der Waals surface area contributed by atoms with Crippen LogP contribution in [0.1, 0.15) is 25.7 Å². The largest absolute Gasteiger partial charge is 0.370 e. The van der Waals surface area contributed by atoms with Gasteiger partial charge in [0.05, 0.1) is 0 Å². The zero-order valence-corrected chi connectivity index (χ0v) is 9.24. The fourth-order valence-corrected chi connectivity index (χ4v) is 1.64. The molecule has 1 aromatic heterocycles. The van der Waals surface area contributed by atoms with E-state index in [1.807, 2.05) is 0 Å². The second-order valence-electron chi connectivity index (χ2n) is 4.15. The number of nitrogens with one attached hydrogen (secondary N) is 2. The summed E-state index contributed by atoms with van der Waals surface area (Å²) in [5, 5.41) is 3.22. The number of nitrogen functional groups attached to an aromatic ring is 2. The van der Waals surface area contributed by atoms with Crippen molar-refractivity contribution in [3.05, 3.63) is 6.07 Å². The Balaban J connectivity index is 1.80. The molecule has 0 bridgehead atoms. The van der Waals surface area contributed by atoms with Gasteiger partial charge in [0, 0.05) is 12.6 Å².